The van der Waals surface area contributed by atoms with E-state index in [-0.39, 0.29) is 23.2 Å². The van der Waals surface area contributed by atoms with Gasteiger partial charge in [0, 0.05) is 37.3 Å². The monoisotopic (exact) mass is 562 g/mol. The normalized spacial score (nSPS) is 15.4. The van der Waals surface area contributed by atoms with Crippen molar-refractivity contribution in [1.29, 1.82) is 0 Å². The summed E-state index contributed by atoms with van der Waals surface area (Å²) >= 11 is 0. The number of likely N-dealkylation sites (tertiary alicyclic amines) is 2. The van der Waals surface area contributed by atoms with E-state index in [4.69, 9.17) is 0 Å². The Bertz CT molecular complexity index is 1370. The third-order valence-electron chi connectivity index (χ3n) is 7.37. The molecule has 214 valence electrons. The number of nitrogens with zero attached hydrogens (tertiary/aromatic N) is 2. The summed E-state index contributed by atoms with van der Waals surface area (Å²) in [6, 6.07) is 24.9. The predicted molar refractivity (Wildman–Crippen MR) is 162 cm³/mol. The predicted octanol–water partition coefficient (Wildman–Crippen LogP) is 4.47. The molecule has 0 aliphatic carbocycles. The maximum absolute atomic E-state index is 13.2. The van der Waals surface area contributed by atoms with Crippen LogP contribution in [0.4, 0.5) is 0 Å². The number of amides is 4. The van der Waals surface area contributed by atoms with Crippen LogP contribution < -0.4 is 10.6 Å². The Morgan fingerprint density at radius 1 is 0.500 bits per heavy atom. The Morgan fingerprint density at radius 2 is 0.833 bits per heavy atom. The zero-order chi connectivity index (χ0) is 29.3. The zero-order valence-electron chi connectivity index (χ0n) is 23.4. The van der Waals surface area contributed by atoms with E-state index in [0.29, 0.717) is 37.3 Å². The molecule has 0 unspecified atom stereocenters. The van der Waals surface area contributed by atoms with E-state index in [2.05, 4.69) is 10.6 Å². The molecule has 2 saturated heterocycles. The average molecular weight is 563 g/mol. The zero-order valence-corrected chi connectivity index (χ0v) is 23.4. The lowest BCUT2D eigenvalue weighted by Gasteiger charge is -2.19. The minimum Gasteiger partial charge on any atom is -0.337 e. The highest BCUT2D eigenvalue weighted by molar-refractivity contribution is 6.07. The van der Waals surface area contributed by atoms with Crippen LogP contribution in [0.2, 0.25) is 0 Å². The van der Waals surface area contributed by atoms with Crippen LogP contribution in [-0.2, 0) is 9.59 Å². The van der Waals surface area contributed by atoms with Crippen LogP contribution in [0, 0.1) is 0 Å². The molecule has 4 amide bonds. The third kappa shape index (κ3) is 7.20. The quantitative estimate of drug-likeness (QED) is 0.396. The highest BCUT2D eigenvalue weighted by Gasteiger charge is 2.25. The molecule has 2 heterocycles. The Balaban J connectivity index is 1.31. The van der Waals surface area contributed by atoms with Crippen LogP contribution >= 0.6 is 0 Å². The molecule has 2 N–H and O–H groups in total. The fraction of sp³-hybridized carbons (Fsp3) is 0.235. The number of carbonyl (C=O) groups excluding carboxylic acids is 4. The minimum atomic E-state index is -0.453. The van der Waals surface area contributed by atoms with Gasteiger partial charge in [-0.25, -0.2) is 0 Å². The largest absolute Gasteiger partial charge is 0.337 e. The summed E-state index contributed by atoms with van der Waals surface area (Å²) in [5, 5.41) is 5.57. The standard InChI is InChI=1S/C34H34N4O4/c39-31(35-29(23-25-11-3-1-4-12-25)33(41)37-19-7-8-20-37)27-15-17-28(18-16-27)32(40)36-30(24-26-13-5-2-6-14-26)34(42)38-21-9-10-22-38/h1-6,11-18,23-24H,7-10,19-22H2,(H,35,39)(H,36,40)/b29-23+,30-24+. The molecule has 0 saturated carbocycles. The van der Waals surface area contributed by atoms with Crippen molar-refractivity contribution < 1.29 is 19.2 Å². The van der Waals surface area contributed by atoms with Gasteiger partial charge in [0.25, 0.3) is 23.6 Å². The number of hydrogen-bond acceptors (Lipinski definition) is 4. The first kappa shape index (κ1) is 28.5. The van der Waals surface area contributed by atoms with Crippen LogP contribution in [-0.4, -0.2) is 59.6 Å². The van der Waals surface area contributed by atoms with Gasteiger partial charge in [0.2, 0.25) is 0 Å². The molecule has 2 fully saturated rings. The van der Waals surface area contributed by atoms with Gasteiger partial charge in [-0.1, -0.05) is 60.7 Å². The molecule has 0 aromatic heterocycles. The summed E-state index contributed by atoms with van der Waals surface area (Å²) in [4.78, 5) is 56.2. The van der Waals surface area contributed by atoms with Crippen LogP contribution in [0.3, 0.4) is 0 Å². The minimum absolute atomic E-state index is 0.200. The van der Waals surface area contributed by atoms with Crippen LogP contribution in [0.25, 0.3) is 12.2 Å². The maximum Gasteiger partial charge on any atom is 0.270 e. The van der Waals surface area contributed by atoms with Gasteiger partial charge in [-0.2, -0.15) is 0 Å². The second-order valence-corrected chi connectivity index (χ2v) is 10.4. The molecular formula is C34H34N4O4. The highest BCUT2D eigenvalue weighted by Crippen LogP contribution is 2.16. The van der Waals surface area contributed by atoms with E-state index < -0.39 is 11.8 Å². The van der Waals surface area contributed by atoms with Crippen LogP contribution in [0.15, 0.2) is 96.3 Å². The van der Waals surface area contributed by atoms with E-state index >= 15 is 0 Å². The van der Waals surface area contributed by atoms with Gasteiger partial charge in [0.1, 0.15) is 11.4 Å². The van der Waals surface area contributed by atoms with Gasteiger partial charge in [-0.05, 0) is 73.2 Å². The summed E-state index contributed by atoms with van der Waals surface area (Å²) < 4.78 is 0. The summed E-state index contributed by atoms with van der Waals surface area (Å²) in [5.74, 6) is -1.35. The topological polar surface area (TPSA) is 98.8 Å². The first-order valence-corrected chi connectivity index (χ1v) is 14.3. The summed E-state index contributed by atoms with van der Waals surface area (Å²) in [5.41, 5.74) is 2.60. The van der Waals surface area contributed by atoms with Crippen molar-refractivity contribution in [3.8, 4) is 0 Å². The molecule has 0 atom stereocenters. The van der Waals surface area contributed by atoms with E-state index in [9.17, 15) is 19.2 Å². The van der Waals surface area contributed by atoms with E-state index in [1.165, 1.54) is 24.3 Å². The van der Waals surface area contributed by atoms with E-state index in [1.807, 2.05) is 60.7 Å². The first-order valence-electron chi connectivity index (χ1n) is 14.3. The second-order valence-electron chi connectivity index (χ2n) is 10.4. The number of carbonyl (C=O) groups is 4. The molecule has 0 bridgehead atoms. The van der Waals surface area contributed by atoms with E-state index in [0.717, 1.165) is 36.8 Å². The van der Waals surface area contributed by atoms with Crippen molar-refractivity contribution in [2.45, 2.75) is 25.7 Å². The molecule has 8 heteroatoms. The Labute approximate surface area is 245 Å². The number of benzene rings is 3. The highest BCUT2D eigenvalue weighted by atomic mass is 16.2. The first-order chi connectivity index (χ1) is 20.5. The molecule has 8 nitrogen and oxygen atoms in total. The number of hydrogen-bond donors (Lipinski definition) is 2. The van der Waals surface area contributed by atoms with Crippen molar-refractivity contribution >= 4 is 35.8 Å². The molecule has 5 rings (SSSR count). The molecule has 3 aromatic rings. The molecule has 0 radical (unpaired) electrons. The molecule has 2 aliphatic heterocycles. The van der Waals surface area contributed by atoms with Gasteiger partial charge < -0.3 is 20.4 Å². The smallest absolute Gasteiger partial charge is 0.270 e. The Kier molecular flexibility index (Phi) is 9.23. The SMILES string of the molecule is O=C(N/C(=C/c1ccccc1)C(=O)N1CCCC1)c1ccc(C(=O)N/C(=C/c2ccccc2)C(=O)N2CCCC2)cc1. The van der Waals surface area contributed by atoms with Gasteiger partial charge in [-0.3, -0.25) is 19.2 Å². The van der Waals surface area contributed by atoms with Crippen molar-refractivity contribution in [2.75, 3.05) is 26.2 Å². The van der Waals surface area contributed by atoms with Crippen LogP contribution in [0.5, 0.6) is 0 Å². The molecule has 42 heavy (non-hydrogen) atoms. The second kappa shape index (κ2) is 13.6. The van der Waals surface area contributed by atoms with Gasteiger partial charge in [0.15, 0.2) is 0 Å². The third-order valence-corrected chi connectivity index (χ3v) is 7.37. The lowest BCUT2D eigenvalue weighted by molar-refractivity contribution is -0.127. The van der Waals surface area contributed by atoms with E-state index in [1.54, 1.807) is 22.0 Å². The maximum atomic E-state index is 13.2. The Hall–Kier alpha value is -4.98. The summed E-state index contributed by atoms with van der Waals surface area (Å²) in [6.07, 6.45) is 7.11. The molecule has 3 aromatic carbocycles. The van der Waals surface area contributed by atoms with Gasteiger partial charge in [0.05, 0.1) is 0 Å². The fourth-order valence-corrected chi connectivity index (χ4v) is 5.08. The van der Waals surface area contributed by atoms with Crippen molar-refractivity contribution in [2.24, 2.45) is 0 Å². The fourth-order valence-electron chi connectivity index (χ4n) is 5.08. The van der Waals surface area contributed by atoms with Crippen molar-refractivity contribution in [3.05, 3.63) is 119 Å². The molecular weight excluding hydrogens is 528 g/mol. The van der Waals surface area contributed by atoms with Gasteiger partial charge in [-0.15, -0.1) is 0 Å². The number of nitrogens with one attached hydrogen (secondary N) is 2. The molecule has 0 spiro atoms. The summed E-state index contributed by atoms with van der Waals surface area (Å²) in [6.45, 7) is 2.63. The summed E-state index contributed by atoms with van der Waals surface area (Å²) in [7, 11) is 0. The van der Waals surface area contributed by atoms with Crippen LogP contribution in [0.1, 0.15) is 57.5 Å². The van der Waals surface area contributed by atoms with Gasteiger partial charge >= 0.3 is 0 Å². The number of rotatable bonds is 8. The molecule has 2 aliphatic rings. The lowest BCUT2D eigenvalue weighted by Crippen LogP contribution is -2.37. The van der Waals surface area contributed by atoms with Crippen molar-refractivity contribution in [1.82, 2.24) is 20.4 Å². The lowest BCUT2D eigenvalue weighted by atomic mass is 10.1. The van der Waals surface area contributed by atoms with Crippen molar-refractivity contribution in [3.63, 3.8) is 0 Å². The average Bonchev–Trinajstić information content (AvgIpc) is 3.76. The Morgan fingerprint density at radius 3 is 1.17 bits per heavy atom.